The van der Waals surface area contributed by atoms with Crippen molar-refractivity contribution in [2.75, 3.05) is 39.4 Å². The predicted molar refractivity (Wildman–Crippen MR) is 113 cm³/mol. The van der Waals surface area contributed by atoms with E-state index in [1.54, 1.807) is 0 Å². The molecule has 0 aromatic rings. The van der Waals surface area contributed by atoms with Gasteiger partial charge in [0.25, 0.3) is 0 Å². The van der Waals surface area contributed by atoms with E-state index in [4.69, 9.17) is 9.73 Å². The molecule has 2 saturated heterocycles. The second-order valence-electron chi connectivity index (χ2n) is 8.37. The van der Waals surface area contributed by atoms with Gasteiger partial charge < -0.3 is 20.1 Å². The zero-order chi connectivity index (χ0) is 17.0. The van der Waals surface area contributed by atoms with Gasteiger partial charge in [0.05, 0.1) is 12.6 Å². The van der Waals surface area contributed by atoms with E-state index in [0.717, 1.165) is 64.6 Å². The average molecular weight is 465 g/mol. The van der Waals surface area contributed by atoms with Crippen LogP contribution >= 0.6 is 24.0 Å². The van der Waals surface area contributed by atoms with Crippen LogP contribution in [0.2, 0.25) is 0 Å². The molecule has 5 nitrogen and oxygen atoms in total. The zero-order valence-electron chi connectivity index (χ0n) is 15.9. The zero-order valence-corrected chi connectivity index (χ0v) is 18.3. The highest BCUT2D eigenvalue weighted by Crippen LogP contribution is 2.40. The largest absolute Gasteiger partial charge is 0.392 e. The Morgan fingerprint density at radius 1 is 1.24 bits per heavy atom. The number of ether oxygens (including phenoxy) is 1. The predicted octanol–water partition coefficient (Wildman–Crippen LogP) is 3.01. The lowest BCUT2D eigenvalue weighted by molar-refractivity contribution is 0.00694. The van der Waals surface area contributed by atoms with Gasteiger partial charge in [0.1, 0.15) is 0 Å². The maximum atomic E-state index is 10.4. The van der Waals surface area contributed by atoms with Crippen LogP contribution in [0.25, 0.3) is 0 Å². The van der Waals surface area contributed by atoms with Crippen molar-refractivity contribution < 1.29 is 9.84 Å². The second-order valence-corrected chi connectivity index (χ2v) is 8.37. The van der Waals surface area contributed by atoms with Gasteiger partial charge in [-0.25, -0.2) is 0 Å². The summed E-state index contributed by atoms with van der Waals surface area (Å²) in [5.74, 6) is 1.04. The highest BCUT2D eigenvalue weighted by atomic mass is 127. The molecule has 1 spiro atoms. The summed E-state index contributed by atoms with van der Waals surface area (Å²) in [5.41, 5.74) is 0.373. The molecule has 3 rings (SSSR count). The summed E-state index contributed by atoms with van der Waals surface area (Å²) < 4.78 is 5.56. The number of rotatable bonds is 3. The summed E-state index contributed by atoms with van der Waals surface area (Å²) in [6.45, 7) is 9.96. The van der Waals surface area contributed by atoms with E-state index in [9.17, 15) is 5.11 Å². The van der Waals surface area contributed by atoms with E-state index >= 15 is 0 Å². The van der Waals surface area contributed by atoms with Gasteiger partial charge in [0.15, 0.2) is 5.96 Å². The third kappa shape index (κ3) is 5.01. The van der Waals surface area contributed by atoms with Crippen molar-refractivity contribution >= 4 is 29.9 Å². The standard InChI is InChI=1S/C19H35N3O2.HI/c1-3-20-17(21-14-18(2)7-5-4-6-16(18)23)22-11-8-19(15-22)9-12-24-13-10-19;/h16,23H,3-15H2,1-2H3,(H,20,21);1H. The number of aliphatic imine (C=N–C) groups is 1. The van der Waals surface area contributed by atoms with E-state index in [0.29, 0.717) is 5.41 Å². The highest BCUT2D eigenvalue weighted by Gasteiger charge is 2.41. The van der Waals surface area contributed by atoms with Crippen LogP contribution in [0.5, 0.6) is 0 Å². The molecule has 146 valence electrons. The summed E-state index contributed by atoms with van der Waals surface area (Å²) in [5, 5.41) is 13.9. The molecule has 0 aromatic heterocycles. The Morgan fingerprint density at radius 3 is 2.68 bits per heavy atom. The molecule has 0 aromatic carbocycles. The van der Waals surface area contributed by atoms with E-state index in [-0.39, 0.29) is 35.5 Å². The number of guanidine groups is 1. The monoisotopic (exact) mass is 465 g/mol. The van der Waals surface area contributed by atoms with E-state index < -0.39 is 0 Å². The van der Waals surface area contributed by atoms with Crippen LogP contribution in [0, 0.1) is 10.8 Å². The Labute approximate surface area is 170 Å². The summed E-state index contributed by atoms with van der Waals surface area (Å²) in [4.78, 5) is 7.40. The van der Waals surface area contributed by atoms with Crippen LogP contribution in [0.1, 0.15) is 58.8 Å². The first-order chi connectivity index (χ1) is 11.6. The number of likely N-dealkylation sites (tertiary alicyclic amines) is 1. The van der Waals surface area contributed by atoms with Gasteiger partial charge in [-0.3, -0.25) is 4.99 Å². The maximum Gasteiger partial charge on any atom is 0.193 e. The molecule has 1 aliphatic carbocycles. The van der Waals surface area contributed by atoms with Crippen molar-refractivity contribution in [3.05, 3.63) is 0 Å². The lowest BCUT2D eigenvalue weighted by Gasteiger charge is -2.38. The first kappa shape index (κ1) is 21.2. The Morgan fingerprint density at radius 2 is 2.00 bits per heavy atom. The van der Waals surface area contributed by atoms with Crippen molar-refractivity contribution in [1.29, 1.82) is 0 Å². The minimum absolute atomic E-state index is 0. The molecular formula is C19H36IN3O2. The van der Waals surface area contributed by atoms with Crippen LogP contribution in [-0.4, -0.2) is 61.5 Å². The van der Waals surface area contributed by atoms with Crippen molar-refractivity contribution in [2.24, 2.45) is 15.8 Å². The van der Waals surface area contributed by atoms with E-state index in [1.807, 2.05) is 0 Å². The normalized spacial score (nSPS) is 32.5. The Kier molecular flexibility index (Phi) is 7.83. The molecule has 2 unspecified atom stereocenters. The molecule has 6 heteroatoms. The number of halogens is 1. The van der Waals surface area contributed by atoms with Gasteiger partial charge in [0.2, 0.25) is 0 Å². The summed E-state index contributed by atoms with van der Waals surface area (Å²) >= 11 is 0. The molecule has 2 aliphatic heterocycles. The SMILES string of the molecule is CCNC(=NCC1(C)CCCCC1O)N1CCC2(CCOCC2)C1.I. The van der Waals surface area contributed by atoms with E-state index in [2.05, 4.69) is 24.1 Å². The van der Waals surface area contributed by atoms with Crippen molar-refractivity contribution in [1.82, 2.24) is 10.2 Å². The summed E-state index contributed by atoms with van der Waals surface area (Å²) in [7, 11) is 0. The molecule has 0 radical (unpaired) electrons. The lowest BCUT2D eigenvalue weighted by Crippen LogP contribution is -2.44. The number of hydrogen-bond acceptors (Lipinski definition) is 3. The fourth-order valence-electron chi connectivity index (χ4n) is 4.58. The van der Waals surface area contributed by atoms with Gasteiger partial charge in [-0.1, -0.05) is 19.8 Å². The van der Waals surface area contributed by atoms with Crippen molar-refractivity contribution in [2.45, 2.75) is 64.9 Å². The number of hydrogen-bond donors (Lipinski definition) is 2. The molecule has 2 atom stereocenters. The van der Waals surface area contributed by atoms with Crippen LogP contribution in [-0.2, 0) is 4.74 Å². The molecule has 25 heavy (non-hydrogen) atoms. The Hall–Kier alpha value is -0.0800. The Bertz CT molecular complexity index is 454. The Balaban J connectivity index is 0.00000225. The van der Waals surface area contributed by atoms with Crippen LogP contribution in [0.15, 0.2) is 4.99 Å². The average Bonchev–Trinajstić information content (AvgIpc) is 2.98. The van der Waals surface area contributed by atoms with Gasteiger partial charge in [-0.15, -0.1) is 24.0 Å². The fraction of sp³-hybridized carbons (Fsp3) is 0.947. The number of aliphatic hydroxyl groups is 1. The van der Waals surface area contributed by atoms with Gasteiger partial charge in [0, 0.05) is 38.3 Å². The van der Waals surface area contributed by atoms with Crippen LogP contribution in [0.4, 0.5) is 0 Å². The molecule has 1 saturated carbocycles. The maximum absolute atomic E-state index is 10.4. The summed E-state index contributed by atoms with van der Waals surface area (Å²) in [6, 6.07) is 0. The molecule has 3 fully saturated rings. The smallest absolute Gasteiger partial charge is 0.193 e. The molecule has 2 heterocycles. The first-order valence-electron chi connectivity index (χ1n) is 9.86. The number of nitrogens with zero attached hydrogens (tertiary/aromatic N) is 2. The minimum Gasteiger partial charge on any atom is -0.392 e. The van der Waals surface area contributed by atoms with Gasteiger partial charge in [-0.05, 0) is 44.4 Å². The van der Waals surface area contributed by atoms with Crippen molar-refractivity contribution in [3.63, 3.8) is 0 Å². The molecule has 3 aliphatic rings. The minimum atomic E-state index is -0.210. The molecule has 0 bridgehead atoms. The third-order valence-electron chi connectivity index (χ3n) is 6.50. The quantitative estimate of drug-likeness (QED) is 0.382. The van der Waals surface area contributed by atoms with Crippen LogP contribution in [0.3, 0.4) is 0 Å². The third-order valence-corrected chi connectivity index (χ3v) is 6.50. The van der Waals surface area contributed by atoms with E-state index in [1.165, 1.54) is 25.7 Å². The van der Waals surface area contributed by atoms with Gasteiger partial charge >= 0.3 is 0 Å². The highest BCUT2D eigenvalue weighted by molar-refractivity contribution is 14.0. The number of nitrogens with one attached hydrogen (secondary N) is 1. The lowest BCUT2D eigenvalue weighted by atomic mass is 9.73. The summed E-state index contributed by atoms with van der Waals surface area (Å²) in [6.07, 6.45) is 7.77. The van der Waals surface area contributed by atoms with Crippen LogP contribution < -0.4 is 5.32 Å². The first-order valence-corrected chi connectivity index (χ1v) is 9.86. The molecule has 2 N–H and O–H groups in total. The van der Waals surface area contributed by atoms with Gasteiger partial charge in [-0.2, -0.15) is 0 Å². The fourth-order valence-corrected chi connectivity index (χ4v) is 4.58. The molecule has 0 amide bonds. The second kappa shape index (κ2) is 9.22. The molecular weight excluding hydrogens is 429 g/mol. The number of aliphatic hydroxyl groups excluding tert-OH is 1. The van der Waals surface area contributed by atoms with Crippen molar-refractivity contribution in [3.8, 4) is 0 Å². The topological polar surface area (TPSA) is 57.1 Å².